The van der Waals surface area contributed by atoms with Gasteiger partial charge in [0.2, 0.25) is 11.6 Å². The van der Waals surface area contributed by atoms with Crippen LogP contribution in [0.15, 0.2) is 48.5 Å². The van der Waals surface area contributed by atoms with Crippen LogP contribution < -0.4 is 4.74 Å². The Morgan fingerprint density at radius 1 is 1.19 bits per heavy atom. The van der Waals surface area contributed by atoms with E-state index >= 15 is 0 Å². The number of halogens is 5. The summed E-state index contributed by atoms with van der Waals surface area (Å²) in [6.45, 7) is -2.64. The zero-order valence-corrected chi connectivity index (χ0v) is 19.9. The van der Waals surface area contributed by atoms with E-state index in [0.29, 0.717) is 30.2 Å². The molecule has 3 aliphatic rings. The third kappa shape index (κ3) is 3.95. The molecule has 0 aromatic heterocycles. The first-order valence-electron chi connectivity index (χ1n) is 13.4. The molecule has 0 bridgehead atoms. The van der Waals surface area contributed by atoms with Crippen molar-refractivity contribution in [3.8, 4) is 5.75 Å². The molecular formula is C27H27F5N2O3. The predicted molar refractivity (Wildman–Crippen MR) is 124 cm³/mol. The minimum Gasteiger partial charge on any atom is -0.491 e. The van der Waals surface area contributed by atoms with Crippen LogP contribution in [0.5, 0.6) is 5.75 Å². The maximum absolute atomic E-state index is 14.8. The molecule has 5 nitrogen and oxygen atoms in total. The number of likely N-dealkylation sites (tertiary alicyclic amines) is 2. The molecule has 37 heavy (non-hydrogen) atoms. The molecule has 10 heteroatoms. The number of rotatable bonds is 4. The fraction of sp³-hybridized carbons (Fsp3) is 0.481. The first kappa shape index (κ1) is 21.9. The Morgan fingerprint density at radius 2 is 1.92 bits per heavy atom. The number of hydrogen-bond acceptors (Lipinski definition) is 3. The van der Waals surface area contributed by atoms with Gasteiger partial charge in [-0.25, -0.2) is 8.78 Å². The number of likely N-dealkylation sites (N-methyl/N-ethyl adjacent to an activating group) is 1. The summed E-state index contributed by atoms with van der Waals surface area (Å²) < 4.78 is 98.4. The first-order valence-corrected chi connectivity index (χ1v) is 11.9. The first-order chi connectivity index (χ1) is 18.6. The molecule has 3 unspecified atom stereocenters. The van der Waals surface area contributed by atoms with Crippen LogP contribution in [0, 0.1) is 0 Å². The smallest absolute Gasteiger partial charge is 0.426 e. The largest absolute Gasteiger partial charge is 0.491 e. The number of ether oxygens (including phenoxy) is 1. The van der Waals surface area contributed by atoms with E-state index in [9.17, 15) is 31.5 Å². The van der Waals surface area contributed by atoms with Crippen molar-refractivity contribution >= 4 is 11.8 Å². The Bertz CT molecular complexity index is 1320. The normalized spacial score (nSPS) is 30.5. The van der Waals surface area contributed by atoms with Gasteiger partial charge in [0.05, 0.1) is 6.04 Å². The summed E-state index contributed by atoms with van der Waals surface area (Å²) in [5.74, 6) is -1.94. The van der Waals surface area contributed by atoms with Gasteiger partial charge in [0.15, 0.2) is 6.17 Å². The predicted octanol–water partition coefficient (Wildman–Crippen LogP) is 4.48. The maximum Gasteiger partial charge on any atom is 0.426 e. The molecule has 0 radical (unpaired) electrons. The lowest BCUT2D eigenvalue weighted by Crippen LogP contribution is -2.55. The molecule has 3 aliphatic heterocycles. The van der Waals surface area contributed by atoms with Gasteiger partial charge in [-0.15, -0.1) is 0 Å². The summed E-state index contributed by atoms with van der Waals surface area (Å²) in [6, 6.07) is 10.4. The van der Waals surface area contributed by atoms with Crippen LogP contribution in [-0.4, -0.2) is 66.2 Å². The van der Waals surface area contributed by atoms with E-state index in [2.05, 4.69) is 0 Å². The minimum absolute atomic E-state index is 0.0658. The van der Waals surface area contributed by atoms with Gasteiger partial charge in [-0.3, -0.25) is 9.59 Å². The second-order valence-electron chi connectivity index (χ2n) is 10.1. The Morgan fingerprint density at radius 3 is 2.59 bits per heavy atom. The molecule has 198 valence electrons. The van der Waals surface area contributed by atoms with Gasteiger partial charge in [0.25, 0.3) is 5.91 Å². The molecule has 0 aliphatic carbocycles. The number of amides is 2. The number of benzene rings is 2. The van der Waals surface area contributed by atoms with E-state index in [-0.39, 0.29) is 18.9 Å². The van der Waals surface area contributed by atoms with Gasteiger partial charge in [0, 0.05) is 40.6 Å². The number of carbonyl (C=O) groups is 2. The number of carbonyl (C=O) groups excluding carboxylic acids is 2. The standard InChI is InChI=1S/C27H27F5N2O3/c1-25(29,27(30,31)32)17-8-9-18-21(12-17)37-15-22-26(18,14-16-6-4-3-5-7-16)10-11-34(22)24(36)20-13-19(28)23(35)33(20)2/h3-9,12,19-20,22H,10-11,13-15H2,1-2H3/t19-,20-,22?,25?,26?/m0/s1/i2D3. The van der Waals surface area contributed by atoms with E-state index in [4.69, 9.17) is 8.85 Å². The molecule has 2 fully saturated rings. The topological polar surface area (TPSA) is 49.9 Å². The Labute approximate surface area is 215 Å². The summed E-state index contributed by atoms with van der Waals surface area (Å²) >= 11 is 0. The van der Waals surface area contributed by atoms with Gasteiger partial charge in [-0.05, 0) is 31.4 Å². The maximum atomic E-state index is 14.8. The Kier molecular flexibility index (Phi) is 5.14. The van der Waals surface area contributed by atoms with Crippen molar-refractivity contribution in [1.29, 1.82) is 0 Å². The van der Waals surface area contributed by atoms with Crippen LogP contribution in [0.3, 0.4) is 0 Å². The van der Waals surface area contributed by atoms with Gasteiger partial charge in [0.1, 0.15) is 18.4 Å². The molecule has 5 atom stereocenters. The molecule has 3 heterocycles. The zero-order chi connectivity index (χ0) is 29.3. The lowest BCUT2D eigenvalue weighted by atomic mass is 9.68. The molecule has 2 aromatic rings. The van der Waals surface area contributed by atoms with E-state index < -0.39 is 66.3 Å². The number of nitrogens with zero attached hydrogens (tertiary/aromatic N) is 2. The summed E-state index contributed by atoms with van der Waals surface area (Å²) in [4.78, 5) is 27.8. The lowest BCUT2D eigenvalue weighted by Gasteiger charge is -2.44. The van der Waals surface area contributed by atoms with E-state index in [1.54, 1.807) is 0 Å². The average Bonchev–Trinajstić information content (AvgIpc) is 3.40. The number of alkyl halides is 5. The van der Waals surface area contributed by atoms with Gasteiger partial charge < -0.3 is 14.5 Å². The summed E-state index contributed by atoms with van der Waals surface area (Å²) in [5.41, 5.74) is -3.76. The fourth-order valence-electron chi connectivity index (χ4n) is 5.82. The highest BCUT2D eigenvalue weighted by atomic mass is 19.4. The number of hydrogen-bond donors (Lipinski definition) is 0. The second kappa shape index (κ2) is 8.70. The van der Waals surface area contributed by atoms with Crippen molar-refractivity contribution in [3.63, 3.8) is 0 Å². The van der Waals surface area contributed by atoms with Crippen LogP contribution in [0.1, 0.15) is 40.6 Å². The summed E-state index contributed by atoms with van der Waals surface area (Å²) in [7, 11) is 0. The molecular weight excluding hydrogens is 495 g/mol. The van der Waals surface area contributed by atoms with Crippen LogP contribution in [0.4, 0.5) is 22.0 Å². The summed E-state index contributed by atoms with van der Waals surface area (Å²) in [6.07, 6.45) is -7.20. The van der Waals surface area contributed by atoms with Crippen LogP contribution in [-0.2, 0) is 27.1 Å². The molecule has 2 aromatic carbocycles. The van der Waals surface area contributed by atoms with Gasteiger partial charge >= 0.3 is 6.18 Å². The quantitative estimate of drug-likeness (QED) is 0.554. The number of fused-ring (bicyclic) bond motifs is 3. The van der Waals surface area contributed by atoms with E-state index in [1.165, 1.54) is 11.0 Å². The van der Waals surface area contributed by atoms with Crippen LogP contribution in [0.2, 0.25) is 0 Å². The molecule has 5 rings (SSSR count). The van der Waals surface area contributed by atoms with Crippen LogP contribution >= 0.6 is 0 Å². The monoisotopic (exact) mass is 525 g/mol. The molecule has 2 saturated heterocycles. The molecule has 0 saturated carbocycles. The summed E-state index contributed by atoms with van der Waals surface area (Å²) in [5, 5.41) is 0. The highest BCUT2D eigenvalue weighted by molar-refractivity contribution is 5.93. The van der Waals surface area contributed by atoms with Crippen molar-refractivity contribution in [1.82, 2.24) is 9.80 Å². The second-order valence-corrected chi connectivity index (χ2v) is 10.1. The Balaban J connectivity index is 1.55. The van der Waals surface area contributed by atoms with Crippen molar-refractivity contribution in [2.75, 3.05) is 20.1 Å². The van der Waals surface area contributed by atoms with Gasteiger partial charge in [-0.2, -0.15) is 13.2 Å². The van der Waals surface area contributed by atoms with Gasteiger partial charge in [-0.1, -0.05) is 42.5 Å². The third-order valence-electron chi connectivity index (χ3n) is 7.98. The minimum atomic E-state index is -5.15. The van der Waals surface area contributed by atoms with Crippen molar-refractivity contribution < 1.29 is 40.4 Å². The molecule has 0 spiro atoms. The lowest BCUT2D eigenvalue weighted by molar-refractivity contribution is -0.228. The van der Waals surface area contributed by atoms with Crippen LogP contribution in [0.25, 0.3) is 0 Å². The average molecular weight is 526 g/mol. The molecule has 0 N–H and O–H groups in total. The van der Waals surface area contributed by atoms with Crippen molar-refractivity contribution in [2.45, 2.75) is 61.7 Å². The zero-order valence-electron chi connectivity index (χ0n) is 22.9. The Hall–Kier alpha value is -3.17. The SMILES string of the molecule is [2H]C([2H])([2H])N1C(=O)[C@@H](F)C[C@H]1C(=O)N1CCC2(Cc3ccccc3)c3ccc(C(C)(F)C(F)(F)F)cc3OCC12. The van der Waals surface area contributed by atoms with Crippen molar-refractivity contribution in [2.24, 2.45) is 0 Å². The third-order valence-corrected chi connectivity index (χ3v) is 7.98. The van der Waals surface area contributed by atoms with E-state index in [1.807, 2.05) is 30.3 Å². The molecule has 2 amide bonds. The fourth-order valence-corrected chi connectivity index (χ4v) is 5.82. The van der Waals surface area contributed by atoms with Crippen molar-refractivity contribution in [3.05, 3.63) is 65.2 Å². The highest BCUT2D eigenvalue weighted by Gasteiger charge is 2.57. The van der Waals surface area contributed by atoms with E-state index in [0.717, 1.165) is 17.7 Å². The highest BCUT2D eigenvalue weighted by Crippen LogP contribution is 2.52.